The molecule has 10 N–H and O–H groups in total. The number of aliphatic hydroxyl groups excluding tert-OH is 1. The Kier molecular flexibility index (Phi) is 13.8. The maximum absolute atomic E-state index is 13.2. The summed E-state index contributed by atoms with van der Waals surface area (Å²) < 4.78 is 0. The van der Waals surface area contributed by atoms with Crippen molar-refractivity contribution in [3.05, 3.63) is 35.9 Å². The average molecular weight is 524 g/mol. The van der Waals surface area contributed by atoms with Crippen molar-refractivity contribution < 1.29 is 39.3 Å². The lowest BCUT2D eigenvalue weighted by atomic mass is 10.0. The maximum Gasteiger partial charge on any atom is 0.328 e. The van der Waals surface area contributed by atoms with Crippen LogP contribution in [-0.2, 0) is 30.4 Å². The summed E-state index contributed by atoms with van der Waals surface area (Å²) in [4.78, 5) is 60.9. The lowest BCUT2D eigenvalue weighted by Gasteiger charge is -2.26. The van der Waals surface area contributed by atoms with E-state index in [0.717, 1.165) is 0 Å². The van der Waals surface area contributed by atoms with Crippen molar-refractivity contribution in [2.75, 3.05) is 6.54 Å². The van der Waals surface area contributed by atoms with Crippen LogP contribution in [0.3, 0.4) is 0 Å². The standard InChI is InChI=1S/C24H37N5O8/c1-14(30)20(24(36)37)29-23(35)18(13-15-7-3-2-4-8-15)28-22(34)17(9-5-6-12-25)27-21(33)16(26)10-11-19(31)32/h2-4,7-8,14,16-18,20,30H,5-6,9-13,25-26H2,1H3,(H,27,33)(H,28,34)(H,29,35)(H,31,32)(H,36,37). The Morgan fingerprint density at radius 2 is 1.46 bits per heavy atom. The zero-order valence-electron chi connectivity index (χ0n) is 20.8. The van der Waals surface area contributed by atoms with Crippen molar-refractivity contribution in [2.24, 2.45) is 11.5 Å². The smallest absolute Gasteiger partial charge is 0.328 e. The fraction of sp³-hybridized carbons (Fsp3) is 0.542. The summed E-state index contributed by atoms with van der Waals surface area (Å²) >= 11 is 0. The van der Waals surface area contributed by atoms with Gasteiger partial charge < -0.3 is 42.7 Å². The molecular weight excluding hydrogens is 486 g/mol. The molecule has 5 atom stereocenters. The van der Waals surface area contributed by atoms with Gasteiger partial charge in [-0.25, -0.2) is 4.79 Å². The van der Waals surface area contributed by atoms with Crippen LogP contribution < -0.4 is 27.4 Å². The highest BCUT2D eigenvalue weighted by Crippen LogP contribution is 2.08. The van der Waals surface area contributed by atoms with Gasteiger partial charge in [0.05, 0.1) is 12.1 Å². The molecule has 0 aliphatic rings. The molecule has 3 amide bonds. The van der Waals surface area contributed by atoms with E-state index in [1.807, 2.05) is 0 Å². The highest BCUT2D eigenvalue weighted by atomic mass is 16.4. The van der Waals surface area contributed by atoms with E-state index < -0.39 is 59.9 Å². The summed E-state index contributed by atoms with van der Waals surface area (Å²) in [5, 5.41) is 35.2. The summed E-state index contributed by atoms with van der Waals surface area (Å²) in [5.74, 6) is -4.84. The Balaban J connectivity index is 3.09. The fourth-order valence-electron chi connectivity index (χ4n) is 3.42. The minimum Gasteiger partial charge on any atom is -0.481 e. The summed E-state index contributed by atoms with van der Waals surface area (Å²) in [5.41, 5.74) is 12.0. The number of benzene rings is 1. The van der Waals surface area contributed by atoms with Crippen LogP contribution in [0.5, 0.6) is 0 Å². The van der Waals surface area contributed by atoms with E-state index in [1.165, 1.54) is 6.92 Å². The second kappa shape index (κ2) is 16.2. The SMILES string of the molecule is CC(O)C(NC(=O)C(Cc1ccccc1)NC(=O)C(CCCCN)NC(=O)C(N)CCC(=O)O)C(=O)O. The van der Waals surface area contributed by atoms with Gasteiger partial charge in [0.15, 0.2) is 6.04 Å². The average Bonchev–Trinajstić information content (AvgIpc) is 2.84. The van der Waals surface area contributed by atoms with Gasteiger partial charge in [0, 0.05) is 12.8 Å². The van der Waals surface area contributed by atoms with Crippen LogP contribution in [0.2, 0.25) is 0 Å². The number of carbonyl (C=O) groups is 5. The number of carboxylic acids is 2. The van der Waals surface area contributed by atoms with Crippen LogP contribution in [0.25, 0.3) is 0 Å². The Bertz CT molecular complexity index is 912. The zero-order valence-corrected chi connectivity index (χ0v) is 20.8. The van der Waals surface area contributed by atoms with Gasteiger partial charge in [0.25, 0.3) is 0 Å². The van der Waals surface area contributed by atoms with E-state index in [2.05, 4.69) is 16.0 Å². The molecular formula is C24H37N5O8. The lowest BCUT2D eigenvalue weighted by molar-refractivity contribution is -0.145. The number of hydrogen-bond donors (Lipinski definition) is 8. The molecule has 1 rings (SSSR count). The van der Waals surface area contributed by atoms with Crippen LogP contribution in [-0.4, -0.2) is 81.8 Å². The summed E-state index contributed by atoms with van der Waals surface area (Å²) in [6.07, 6.45) is -0.646. The van der Waals surface area contributed by atoms with Gasteiger partial charge in [0.1, 0.15) is 12.1 Å². The zero-order chi connectivity index (χ0) is 28.0. The summed E-state index contributed by atoms with van der Waals surface area (Å²) in [6, 6.07) is 3.57. The quantitative estimate of drug-likeness (QED) is 0.110. The van der Waals surface area contributed by atoms with Crippen molar-refractivity contribution in [1.82, 2.24) is 16.0 Å². The molecule has 0 aromatic heterocycles. The molecule has 1 aromatic rings. The van der Waals surface area contributed by atoms with Gasteiger partial charge in [-0.05, 0) is 44.7 Å². The number of nitrogens with one attached hydrogen (secondary N) is 3. The predicted molar refractivity (Wildman–Crippen MR) is 133 cm³/mol. The van der Waals surface area contributed by atoms with Crippen molar-refractivity contribution >= 4 is 29.7 Å². The Hall–Kier alpha value is -3.55. The number of unbranched alkanes of at least 4 members (excludes halogenated alkanes) is 1. The van der Waals surface area contributed by atoms with Gasteiger partial charge in [-0.3, -0.25) is 19.2 Å². The molecule has 0 aliphatic heterocycles. The first kappa shape index (κ1) is 31.5. The second-order valence-electron chi connectivity index (χ2n) is 8.70. The third-order valence-corrected chi connectivity index (χ3v) is 5.55. The Labute approximate surface area is 215 Å². The number of hydrogen-bond acceptors (Lipinski definition) is 8. The van der Waals surface area contributed by atoms with Crippen LogP contribution in [0, 0.1) is 0 Å². The van der Waals surface area contributed by atoms with Gasteiger partial charge in [0.2, 0.25) is 17.7 Å². The Morgan fingerprint density at radius 1 is 0.865 bits per heavy atom. The van der Waals surface area contributed by atoms with Gasteiger partial charge in [-0.15, -0.1) is 0 Å². The predicted octanol–water partition coefficient (Wildman–Crippen LogP) is -1.53. The van der Waals surface area contributed by atoms with Crippen LogP contribution in [0.15, 0.2) is 30.3 Å². The first-order valence-electron chi connectivity index (χ1n) is 12.0. The van der Waals surface area contributed by atoms with Crippen molar-refractivity contribution in [3.63, 3.8) is 0 Å². The van der Waals surface area contributed by atoms with Crippen LogP contribution >= 0.6 is 0 Å². The number of carbonyl (C=O) groups excluding carboxylic acids is 3. The molecule has 206 valence electrons. The van der Waals surface area contributed by atoms with E-state index in [1.54, 1.807) is 30.3 Å². The van der Waals surface area contributed by atoms with E-state index in [-0.39, 0.29) is 25.7 Å². The normalized spacial score (nSPS) is 14.9. The van der Waals surface area contributed by atoms with E-state index in [9.17, 15) is 34.2 Å². The molecule has 0 spiro atoms. The fourth-order valence-corrected chi connectivity index (χ4v) is 3.42. The molecule has 0 aliphatic carbocycles. The minimum absolute atomic E-state index is 0.00610. The molecule has 1 aromatic carbocycles. The molecule has 0 bridgehead atoms. The van der Waals surface area contributed by atoms with Crippen molar-refractivity contribution in [2.45, 2.75) is 75.7 Å². The van der Waals surface area contributed by atoms with Gasteiger partial charge >= 0.3 is 11.9 Å². The van der Waals surface area contributed by atoms with Crippen LogP contribution in [0.4, 0.5) is 0 Å². The molecule has 0 fully saturated rings. The largest absolute Gasteiger partial charge is 0.481 e. The Morgan fingerprint density at radius 3 is 2.00 bits per heavy atom. The second-order valence-corrected chi connectivity index (χ2v) is 8.70. The first-order chi connectivity index (χ1) is 17.5. The van der Waals surface area contributed by atoms with Crippen molar-refractivity contribution in [1.29, 1.82) is 0 Å². The number of amides is 3. The molecule has 13 heteroatoms. The third kappa shape index (κ3) is 11.8. The van der Waals surface area contributed by atoms with Crippen molar-refractivity contribution in [3.8, 4) is 0 Å². The lowest BCUT2D eigenvalue weighted by Crippen LogP contribution is -2.58. The third-order valence-electron chi connectivity index (χ3n) is 5.55. The molecule has 5 unspecified atom stereocenters. The van der Waals surface area contributed by atoms with E-state index in [0.29, 0.717) is 24.9 Å². The van der Waals surface area contributed by atoms with E-state index >= 15 is 0 Å². The van der Waals surface area contributed by atoms with Gasteiger partial charge in [-0.1, -0.05) is 30.3 Å². The first-order valence-corrected chi connectivity index (χ1v) is 12.0. The number of nitrogens with two attached hydrogens (primary N) is 2. The highest BCUT2D eigenvalue weighted by Gasteiger charge is 2.32. The monoisotopic (exact) mass is 523 g/mol. The number of aliphatic carboxylic acids is 2. The highest BCUT2D eigenvalue weighted by molar-refractivity contribution is 5.94. The molecule has 0 saturated carbocycles. The van der Waals surface area contributed by atoms with Crippen LogP contribution in [0.1, 0.15) is 44.6 Å². The summed E-state index contributed by atoms with van der Waals surface area (Å²) in [6.45, 7) is 1.57. The topological polar surface area (TPSA) is 234 Å². The summed E-state index contributed by atoms with van der Waals surface area (Å²) in [7, 11) is 0. The molecule has 37 heavy (non-hydrogen) atoms. The van der Waals surface area contributed by atoms with Gasteiger partial charge in [-0.2, -0.15) is 0 Å². The number of carboxylic acid groups (broad SMARTS) is 2. The minimum atomic E-state index is -1.60. The molecule has 13 nitrogen and oxygen atoms in total. The molecule has 0 radical (unpaired) electrons. The number of rotatable bonds is 17. The molecule has 0 heterocycles. The maximum atomic E-state index is 13.2. The van der Waals surface area contributed by atoms with E-state index in [4.69, 9.17) is 16.6 Å². The molecule has 0 saturated heterocycles. The number of aliphatic hydroxyl groups is 1.